The Morgan fingerprint density at radius 2 is 1.94 bits per heavy atom. The van der Waals surface area contributed by atoms with Gasteiger partial charge in [-0.3, -0.25) is 9.69 Å². The third kappa shape index (κ3) is 3.99. The Bertz CT molecular complexity index is 289. The molecule has 0 aliphatic carbocycles. The number of carbonyl (C=O) groups excluding carboxylic acids is 1. The summed E-state index contributed by atoms with van der Waals surface area (Å²) in [4.78, 5) is 16.0. The number of hydrogen-bond donors (Lipinski definition) is 1. The average Bonchev–Trinajstić information content (AvgIpc) is 2.35. The molecule has 0 spiro atoms. The van der Waals surface area contributed by atoms with Crippen molar-refractivity contribution in [3.63, 3.8) is 0 Å². The summed E-state index contributed by atoms with van der Waals surface area (Å²) in [6, 6.07) is 1.75. The standard InChI is InChI=1S/C12H22N4O/c1-10(2)11(14)12(17)16-8-6-15(7-9-16)5-3-4-13/h10-11H,3,5-9,14H2,1-2H3/t11-/m1/s1. The summed E-state index contributed by atoms with van der Waals surface area (Å²) in [6.07, 6.45) is 0.555. The number of rotatable bonds is 4. The Labute approximate surface area is 103 Å². The largest absolute Gasteiger partial charge is 0.339 e. The molecule has 2 N–H and O–H groups in total. The lowest BCUT2D eigenvalue weighted by atomic mass is 10.0. The Morgan fingerprint density at radius 3 is 2.41 bits per heavy atom. The van der Waals surface area contributed by atoms with Crippen LogP contribution in [0.5, 0.6) is 0 Å². The van der Waals surface area contributed by atoms with Crippen molar-refractivity contribution in [1.82, 2.24) is 9.80 Å². The van der Waals surface area contributed by atoms with E-state index in [0.29, 0.717) is 6.42 Å². The highest BCUT2D eigenvalue weighted by molar-refractivity contribution is 5.82. The highest BCUT2D eigenvalue weighted by Crippen LogP contribution is 2.07. The zero-order valence-electron chi connectivity index (χ0n) is 10.7. The van der Waals surface area contributed by atoms with Gasteiger partial charge in [-0.25, -0.2) is 0 Å². The SMILES string of the molecule is CC(C)[C@@H](N)C(=O)N1CCN(CCC#N)CC1. The van der Waals surface area contributed by atoms with Gasteiger partial charge in [0, 0.05) is 39.1 Å². The van der Waals surface area contributed by atoms with Gasteiger partial charge in [-0.15, -0.1) is 0 Å². The smallest absolute Gasteiger partial charge is 0.239 e. The summed E-state index contributed by atoms with van der Waals surface area (Å²) in [7, 11) is 0. The predicted molar refractivity (Wildman–Crippen MR) is 66.1 cm³/mol. The zero-order chi connectivity index (χ0) is 12.8. The van der Waals surface area contributed by atoms with Crippen molar-refractivity contribution in [2.75, 3.05) is 32.7 Å². The summed E-state index contributed by atoms with van der Waals surface area (Å²) >= 11 is 0. The van der Waals surface area contributed by atoms with E-state index in [1.165, 1.54) is 0 Å². The molecule has 5 nitrogen and oxygen atoms in total. The second kappa shape index (κ2) is 6.58. The minimum absolute atomic E-state index is 0.0555. The molecule has 1 rings (SSSR count). The van der Waals surface area contributed by atoms with Crippen LogP contribution in [0.15, 0.2) is 0 Å². The number of nitriles is 1. The average molecular weight is 238 g/mol. The monoisotopic (exact) mass is 238 g/mol. The predicted octanol–water partition coefficient (Wildman–Crippen LogP) is 0.0276. The van der Waals surface area contributed by atoms with E-state index in [2.05, 4.69) is 11.0 Å². The van der Waals surface area contributed by atoms with Gasteiger partial charge in [-0.05, 0) is 5.92 Å². The van der Waals surface area contributed by atoms with Crippen LogP contribution in [-0.2, 0) is 4.79 Å². The van der Waals surface area contributed by atoms with Gasteiger partial charge >= 0.3 is 0 Å². The molecule has 1 aliphatic heterocycles. The fourth-order valence-corrected chi connectivity index (χ4v) is 1.90. The molecule has 1 atom stereocenters. The van der Waals surface area contributed by atoms with E-state index in [1.807, 2.05) is 18.7 Å². The number of piperazine rings is 1. The second-order valence-corrected chi connectivity index (χ2v) is 4.84. The molecule has 96 valence electrons. The number of carbonyl (C=O) groups is 1. The molecular formula is C12H22N4O. The van der Waals surface area contributed by atoms with Gasteiger partial charge in [0.25, 0.3) is 0 Å². The molecule has 0 aromatic heterocycles. The molecule has 0 aromatic rings. The maximum absolute atomic E-state index is 12.0. The lowest BCUT2D eigenvalue weighted by Crippen LogP contribution is -2.54. The van der Waals surface area contributed by atoms with E-state index in [0.717, 1.165) is 32.7 Å². The first-order chi connectivity index (χ1) is 8.06. The van der Waals surface area contributed by atoms with Gasteiger partial charge in [0.15, 0.2) is 0 Å². The molecule has 0 bridgehead atoms. The number of nitrogens with two attached hydrogens (primary N) is 1. The molecule has 5 heteroatoms. The van der Waals surface area contributed by atoms with Crippen LogP contribution in [0, 0.1) is 17.2 Å². The summed E-state index contributed by atoms with van der Waals surface area (Å²) in [5.41, 5.74) is 5.86. The van der Waals surface area contributed by atoms with Crippen molar-refractivity contribution < 1.29 is 4.79 Å². The Morgan fingerprint density at radius 1 is 1.35 bits per heavy atom. The van der Waals surface area contributed by atoms with Crippen molar-refractivity contribution in [1.29, 1.82) is 5.26 Å². The Kier molecular flexibility index (Phi) is 5.39. The van der Waals surface area contributed by atoms with Gasteiger partial charge in [-0.1, -0.05) is 13.8 Å². The summed E-state index contributed by atoms with van der Waals surface area (Å²) < 4.78 is 0. The fraction of sp³-hybridized carbons (Fsp3) is 0.833. The first-order valence-corrected chi connectivity index (χ1v) is 6.20. The van der Waals surface area contributed by atoms with Gasteiger partial charge in [-0.2, -0.15) is 5.26 Å². The maximum Gasteiger partial charge on any atom is 0.239 e. The Hall–Kier alpha value is -1.12. The maximum atomic E-state index is 12.0. The van der Waals surface area contributed by atoms with E-state index < -0.39 is 0 Å². The van der Waals surface area contributed by atoms with Crippen LogP contribution >= 0.6 is 0 Å². The summed E-state index contributed by atoms with van der Waals surface area (Å²) in [5, 5.41) is 8.51. The molecule has 17 heavy (non-hydrogen) atoms. The van der Waals surface area contributed by atoms with Crippen LogP contribution < -0.4 is 5.73 Å². The highest BCUT2D eigenvalue weighted by Gasteiger charge is 2.26. The van der Waals surface area contributed by atoms with E-state index in [9.17, 15) is 4.79 Å². The van der Waals surface area contributed by atoms with Crippen molar-refractivity contribution in [2.24, 2.45) is 11.7 Å². The van der Waals surface area contributed by atoms with Crippen molar-refractivity contribution in [2.45, 2.75) is 26.3 Å². The first-order valence-electron chi connectivity index (χ1n) is 6.20. The van der Waals surface area contributed by atoms with Crippen LogP contribution in [0.25, 0.3) is 0 Å². The van der Waals surface area contributed by atoms with Crippen LogP contribution in [0.4, 0.5) is 0 Å². The van der Waals surface area contributed by atoms with Gasteiger partial charge in [0.1, 0.15) is 0 Å². The highest BCUT2D eigenvalue weighted by atomic mass is 16.2. The topological polar surface area (TPSA) is 73.4 Å². The lowest BCUT2D eigenvalue weighted by Gasteiger charge is -2.36. The second-order valence-electron chi connectivity index (χ2n) is 4.84. The molecule has 1 aliphatic rings. The Balaban J connectivity index is 2.36. The molecule has 0 saturated carbocycles. The minimum Gasteiger partial charge on any atom is -0.339 e. The molecule has 1 saturated heterocycles. The quantitative estimate of drug-likeness (QED) is 0.750. The van der Waals surface area contributed by atoms with Gasteiger partial charge < -0.3 is 10.6 Å². The normalized spacial score (nSPS) is 19.1. The van der Waals surface area contributed by atoms with Crippen LogP contribution in [0.3, 0.4) is 0 Å². The molecule has 0 aromatic carbocycles. The van der Waals surface area contributed by atoms with E-state index >= 15 is 0 Å². The minimum atomic E-state index is -0.388. The number of nitrogens with zero attached hydrogens (tertiary/aromatic N) is 3. The first kappa shape index (κ1) is 13.9. The van der Waals surface area contributed by atoms with Crippen LogP contribution in [0.1, 0.15) is 20.3 Å². The van der Waals surface area contributed by atoms with E-state index in [4.69, 9.17) is 11.0 Å². The van der Waals surface area contributed by atoms with E-state index in [1.54, 1.807) is 0 Å². The summed E-state index contributed by atoms with van der Waals surface area (Å²) in [6.45, 7) is 7.87. The zero-order valence-corrected chi connectivity index (χ0v) is 10.7. The molecule has 0 radical (unpaired) electrons. The van der Waals surface area contributed by atoms with E-state index in [-0.39, 0.29) is 17.9 Å². The molecule has 0 unspecified atom stereocenters. The molecule has 1 heterocycles. The molecule has 1 fully saturated rings. The third-order valence-corrected chi connectivity index (χ3v) is 3.23. The van der Waals surface area contributed by atoms with Crippen molar-refractivity contribution >= 4 is 5.91 Å². The lowest BCUT2D eigenvalue weighted by molar-refractivity contribution is -0.135. The van der Waals surface area contributed by atoms with Crippen molar-refractivity contribution in [3.05, 3.63) is 0 Å². The fourth-order valence-electron chi connectivity index (χ4n) is 1.90. The molecule has 1 amide bonds. The number of amides is 1. The van der Waals surface area contributed by atoms with Gasteiger partial charge in [0.05, 0.1) is 12.1 Å². The van der Waals surface area contributed by atoms with Gasteiger partial charge in [0.2, 0.25) is 5.91 Å². The van der Waals surface area contributed by atoms with Crippen LogP contribution in [-0.4, -0.2) is 54.5 Å². The third-order valence-electron chi connectivity index (χ3n) is 3.23. The summed E-state index contributed by atoms with van der Waals surface area (Å²) in [5.74, 6) is 0.235. The number of hydrogen-bond acceptors (Lipinski definition) is 4. The van der Waals surface area contributed by atoms with Crippen LogP contribution in [0.2, 0.25) is 0 Å². The van der Waals surface area contributed by atoms with Crippen molar-refractivity contribution in [3.8, 4) is 6.07 Å². The molecular weight excluding hydrogens is 216 g/mol.